The summed E-state index contributed by atoms with van der Waals surface area (Å²) in [4.78, 5) is 27.2. The average molecular weight is 430 g/mol. The molecule has 9 aromatic carbocycles. The lowest BCUT2D eigenvalue weighted by molar-refractivity contribution is 1.73. The van der Waals surface area contributed by atoms with Crippen LogP contribution in [-0.2, 0) is 0 Å². The third-order valence-electron chi connectivity index (χ3n) is 8.04. The fourth-order valence-corrected chi connectivity index (χ4v) is 6.71. The SMILES string of the molecule is O=c1c2ccccc2c2cc3ccc4c(=O)c5cccc6ccc7c8ccc1c2c8c3c4c7c65. The van der Waals surface area contributed by atoms with E-state index in [2.05, 4.69) is 36.4 Å². The van der Waals surface area contributed by atoms with Gasteiger partial charge in [-0.05, 0) is 66.7 Å². The highest BCUT2D eigenvalue weighted by Gasteiger charge is 2.23. The predicted molar refractivity (Wildman–Crippen MR) is 144 cm³/mol. The van der Waals surface area contributed by atoms with Gasteiger partial charge < -0.3 is 0 Å². The summed E-state index contributed by atoms with van der Waals surface area (Å²) in [6.07, 6.45) is 0. The molecular weight excluding hydrogens is 416 g/mol. The summed E-state index contributed by atoms with van der Waals surface area (Å²) in [6.45, 7) is 0. The molecule has 0 unspecified atom stereocenters. The Bertz CT molecular complexity index is 2420. The van der Waals surface area contributed by atoms with Crippen molar-refractivity contribution in [1.29, 1.82) is 0 Å². The van der Waals surface area contributed by atoms with Gasteiger partial charge >= 0.3 is 0 Å². The number of rotatable bonds is 0. The van der Waals surface area contributed by atoms with Gasteiger partial charge in [0, 0.05) is 37.7 Å². The highest BCUT2D eigenvalue weighted by Crippen LogP contribution is 2.48. The average Bonchev–Trinajstić information content (AvgIpc) is 2.89. The summed E-state index contributed by atoms with van der Waals surface area (Å²) in [6, 6.07) is 28.6. The normalized spacial score (nSPS) is 12.9. The van der Waals surface area contributed by atoms with Crippen LogP contribution in [0.25, 0.3) is 86.2 Å². The third-order valence-corrected chi connectivity index (χ3v) is 8.04. The summed E-state index contributed by atoms with van der Waals surface area (Å²) in [7, 11) is 0. The molecule has 2 nitrogen and oxygen atoms in total. The van der Waals surface area contributed by atoms with Gasteiger partial charge in [0.15, 0.2) is 10.9 Å². The van der Waals surface area contributed by atoms with E-state index in [-0.39, 0.29) is 10.9 Å². The Morgan fingerprint density at radius 3 is 1.76 bits per heavy atom. The van der Waals surface area contributed by atoms with E-state index in [4.69, 9.17) is 0 Å². The molecule has 0 aliphatic rings. The molecule has 9 aromatic rings. The van der Waals surface area contributed by atoms with E-state index in [1.165, 1.54) is 0 Å². The van der Waals surface area contributed by atoms with Crippen LogP contribution < -0.4 is 10.9 Å². The van der Waals surface area contributed by atoms with Crippen molar-refractivity contribution in [1.82, 2.24) is 0 Å². The molecule has 0 amide bonds. The number of fused-ring (bicyclic) bond motifs is 3. The zero-order valence-corrected chi connectivity index (χ0v) is 17.9. The van der Waals surface area contributed by atoms with Crippen LogP contribution in [0.4, 0.5) is 0 Å². The van der Waals surface area contributed by atoms with Crippen molar-refractivity contribution in [3.8, 4) is 0 Å². The van der Waals surface area contributed by atoms with Gasteiger partial charge in [-0.2, -0.15) is 0 Å². The highest BCUT2D eigenvalue weighted by atomic mass is 16.1. The second kappa shape index (κ2) is 5.32. The van der Waals surface area contributed by atoms with E-state index in [1.807, 2.05) is 48.5 Å². The molecule has 0 aliphatic heterocycles. The molecule has 0 radical (unpaired) electrons. The largest absolute Gasteiger partial charge is 0.289 e. The van der Waals surface area contributed by atoms with Gasteiger partial charge in [0.2, 0.25) is 0 Å². The third kappa shape index (κ3) is 1.66. The minimum absolute atomic E-state index is 0.0708. The van der Waals surface area contributed by atoms with Gasteiger partial charge in [0.1, 0.15) is 0 Å². The summed E-state index contributed by atoms with van der Waals surface area (Å²) in [5, 5.41) is 16.1. The molecule has 0 aliphatic carbocycles. The number of benzene rings is 9. The van der Waals surface area contributed by atoms with Crippen molar-refractivity contribution in [2.24, 2.45) is 0 Å². The first-order valence-electron chi connectivity index (χ1n) is 11.5. The Kier molecular flexibility index (Phi) is 2.66. The van der Waals surface area contributed by atoms with E-state index < -0.39 is 0 Å². The van der Waals surface area contributed by atoms with E-state index in [0.717, 1.165) is 86.2 Å². The van der Waals surface area contributed by atoms with Crippen LogP contribution in [0.3, 0.4) is 0 Å². The first-order valence-corrected chi connectivity index (χ1v) is 11.5. The summed E-state index contributed by atoms with van der Waals surface area (Å²) in [5.41, 5.74) is 0.152. The van der Waals surface area contributed by atoms with Gasteiger partial charge in [-0.25, -0.2) is 0 Å². The highest BCUT2D eigenvalue weighted by molar-refractivity contribution is 6.46. The molecule has 0 atom stereocenters. The smallest absolute Gasteiger partial charge is 0.194 e. The Balaban J connectivity index is 1.77. The first-order chi connectivity index (χ1) is 16.7. The lowest BCUT2D eigenvalue weighted by atomic mass is 9.81. The van der Waals surface area contributed by atoms with Crippen molar-refractivity contribution in [3.63, 3.8) is 0 Å². The standard InChI is InChI=1S/C32H14O2/c33-31-20-6-2-1-5-17(20)24-14-16-9-11-23-30-26(16)29-19(12-13-22(31)27(24)29)18-10-8-15-4-3-7-21(32(23)34)25(15)28(18)30/h1-14H. The molecule has 0 aromatic heterocycles. The van der Waals surface area contributed by atoms with Gasteiger partial charge in [0.25, 0.3) is 0 Å². The molecule has 9 rings (SSSR count). The molecule has 34 heavy (non-hydrogen) atoms. The van der Waals surface area contributed by atoms with Crippen LogP contribution in [0.1, 0.15) is 0 Å². The maximum Gasteiger partial charge on any atom is 0.194 e. The minimum Gasteiger partial charge on any atom is -0.289 e. The first kappa shape index (κ1) is 17.0. The molecule has 0 saturated carbocycles. The van der Waals surface area contributed by atoms with Crippen LogP contribution in [0.2, 0.25) is 0 Å². The number of hydrogen-bond acceptors (Lipinski definition) is 2. The Labute approximate surface area is 191 Å². The molecule has 0 fully saturated rings. The number of hydrogen-bond donors (Lipinski definition) is 0. The van der Waals surface area contributed by atoms with E-state index >= 15 is 0 Å². The lowest BCUT2D eigenvalue weighted by Crippen LogP contribution is -2.06. The van der Waals surface area contributed by atoms with Gasteiger partial charge in [-0.3, -0.25) is 9.59 Å². The van der Waals surface area contributed by atoms with E-state index in [1.54, 1.807) is 0 Å². The summed E-state index contributed by atoms with van der Waals surface area (Å²) in [5.74, 6) is 0. The monoisotopic (exact) mass is 430 g/mol. The topological polar surface area (TPSA) is 34.1 Å². The second-order valence-electron chi connectivity index (χ2n) is 9.52. The van der Waals surface area contributed by atoms with Gasteiger partial charge in [0.05, 0.1) is 0 Å². The molecule has 2 heteroatoms. The minimum atomic E-state index is 0.0708. The van der Waals surface area contributed by atoms with Crippen molar-refractivity contribution in [3.05, 3.63) is 105 Å². The molecule has 154 valence electrons. The molecule has 0 bridgehead atoms. The van der Waals surface area contributed by atoms with Crippen LogP contribution >= 0.6 is 0 Å². The molecule has 0 N–H and O–H groups in total. The van der Waals surface area contributed by atoms with Crippen LogP contribution in [0.15, 0.2) is 94.5 Å². The van der Waals surface area contributed by atoms with Crippen LogP contribution in [0.5, 0.6) is 0 Å². The van der Waals surface area contributed by atoms with Crippen molar-refractivity contribution in [2.75, 3.05) is 0 Å². The maximum absolute atomic E-state index is 13.7. The Morgan fingerprint density at radius 1 is 0.324 bits per heavy atom. The quantitative estimate of drug-likeness (QED) is 0.186. The second-order valence-corrected chi connectivity index (χ2v) is 9.52. The fraction of sp³-hybridized carbons (Fsp3) is 0. The van der Waals surface area contributed by atoms with Crippen molar-refractivity contribution in [2.45, 2.75) is 0 Å². The lowest BCUT2D eigenvalue weighted by Gasteiger charge is -2.21. The fourth-order valence-electron chi connectivity index (χ4n) is 6.71. The zero-order chi connectivity index (χ0) is 22.3. The maximum atomic E-state index is 13.7. The van der Waals surface area contributed by atoms with Crippen LogP contribution in [0, 0.1) is 0 Å². The molecule has 0 heterocycles. The van der Waals surface area contributed by atoms with Crippen molar-refractivity contribution < 1.29 is 0 Å². The van der Waals surface area contributed by atoms with Gasteiger partial charge in [-0.1, -0.05) is 66.7 Å². The Morgan fingerprint density at radius 2 is 0.882 bits per heavy atom. The predicted octanol–water partition coefficient (Wildman–Crippen LogP) is 7.38. The molecule has 0 spiro atoms. The van der Waals surface area contributed by atoms with E-state index in [9.17, 15) is 9.59 Å². The van der Waals surface area contributed by atoms with Crippen LogP contribution in [-0.4, -0.2) is 0 Å². The van der Waals surface area contributed by atoms with Gasteiger partial charge in [-0.15, -0.1) is 0 Å². The van der Waals surface area contributed by atoms with E-state index in [0.29, 0.717) is 0 Å². The summed E-state index contributed by atoms with van der Waals surface area (Å²) < 4.78 is 0. The van der Waals surface area contributed by atoms with Crippen molar-refractivity contribution >= 4 is 86.2 Å². The Hall–Kier alpha value is -4.56. The zero-order valence-electron chi connectivity index (χ0n) is 17.9. The molecular formula is C32H14O2. The summed E-state index contributed by atoms with van der Waals surface area (Å²) >= 11 is 0. The molecule has 0 saturated heterocycles.